The molecular weight excluding hydrogens is 454 g/mol. The zero-order chi connectivity index (χ0) is 25.4. The summed E-state index contributed by atoms with van der Waals surface area (Å²) in [5.41, 5.74) is 6.61. The lowest BCUT2D eigenvalue weighted by molar-refractivity contribution is -0.122. The molecule has 1 aliphatic carbocycles. The molecule has 4 heteroatoms. The minimum Gasteiger partial charge on any atom is -0.347 e. The normalized spacial score (nSPS) is 21.8. The molecule has 37 heavy (non-hydrogen) atoms. The van der Waals surface area contributed by atoms with Crippen LogP contribution in [0.5, 0.6) is 0 Å². The second kappa shape index (κ2) is 10.1. The van der Waals surface area contributed by atoms with Crippen molar-refractivity contribution in [3.63, 3.8) is 0 Å². The zero-order valence-corrected chi connectivity index (χ0v) is 21.7. The summed E-state index contributed by atoms with van der Waals surface area (Å²) in [7, 11) is 0. The van der Waals surface area contributed by atoms with Crippen molar-refractivity contribution in [2.45, 2.75) is 51.1 Å². The highest BCUT2D eigenvalue weighted by atomic mass is 16.2. The second-order valence-electron chi connectivity index (χ2n) is 10.6. The lowest BCUT2D eigenvalue weighted by Crippen LogP contribution is -2.51. The van der Waals surface area contributed by atoms with Gasteiger partial charge in [0, 0.05) is 17.6 Å². The molecule has 2 N–H and O–H groups in total. The van der Waals surface area contributed by atoms with Crippen LogP contribution in [0.1, 0.15) is 61.8 Å². The topological polar surface area (TPSA) is 54.0 Å². The number of para-hydroxylation sites is 1. The van der Waals surface area contributed by atoms with Gasteiger partial charge in [-0.15, -0.1) is 0 Å². The fourth-order valence-electron chi connectivity index (χ4n) is 6.76. The Bertz CT molecular complexity index is 1380. The number of rotatable bonds is 6. The van der Waals surface area contributed by atoms with Gasteiger partial charge in [-0.25, -0.2) is 0 Å². The van der Waals surface area contributed by atoms with E-state index in [1.165, 1.54) is 6.42 Å². The Kier molecular flexibility index (Phi) is 6.52. The van der Waals surface area contributed by atoms with Crippen LogP contribution in [0, 0.1) is 11.8 Å². The summed E-state index contributed by atoms with van der Waals surface area (Å²) < 4.78 is 0. The van der Waals surface area contributed by atoms with Crippen LogP contribution in [0.4, 0.5) is 0 Å². The van der Waals surface area contributed by atoms with Crippen LogP contribution in [0.25, 0.3) is 22.0 Å². The summed E-state index contributed by atoms with van der Waals surface area (Å²) in [6, 6.07) is 27.1. The molecule has 0 spiro atoms. The molecule has 188 valence electrons. The summed E-state index contributed by atoms with van der Waals surface area (Å²) in [5, 5.41) is 8.52. The minimum absolute atomic E-state index is 0.0655. The van der Waals surface area contributed by atoms with E-state index < -0.39 is 0 Å². The Morgan fingerprint density at radius 1 is 0.892 bits per heavy atom. The van der Waals surface area contributed by atoms with Gasteiger partial charge in [0.15, 0.2) is 0 Å². The van der Waals surface area contributed by atoms with E-state index in [0.717, 1.165) is 58.1 Å². The van der Waals surface area contributed by atoms with Crippen molar-refractivity contribution in [1.82, 2.24) is 15.6 Å². The fraction of sp³-hybridized carbons (Fsp3) is 0.333. The molecule has 2 heterocycles. The lowest BCUT2D eigenvalue weighted by atomic mass is 9.77. The van der Waals surface area contributed by atoms with Crippen molar-refractivity contribution in [1.29, 1.82) is 0 Å². The average Bonchev–Trinajstić information content (AvgIpc) is 3.30. The molecule has 1 saturated heterocycles. The molecule has 1 aromatic heterocycles. The van der Waals surface area contributed by atoms with Gasteiger partial charge in [0.1, 0.15) is 0 Å². The van der Waals surface area contributed by atoms with E-state index in [1.807, 2.05) is 24.4 Å². The van der Waals surface area contributed by atoms with Crippen LogP contribution in [-0.2, 0) is 4.79 Å². The van der Waals surface area contributed by atoms with Gasteiger partial charge < -0.3 is 10.6 Å². The SMILES string of the molecule is CC[C@H]1CN[C@@H]([C@H](NC(=O)C2c3ccccc3-c3ccccc32)c2ccnc3ccccc23)C[C@@H]1CC. The zero-order valence-electron chi connectivity index (χ0n) is 21.7. The summed E-state index contributed by atoms with van der Waals surface area (Å²) in [5.74, 6) is 1.09. The Balaban J connectivity index is 1.40. The van der Waals surface area contributed by atoms with Gasteiger partial charge in [-0.2, -0.15) is 0 Å². The third kappa shape index (κ3) is 4.23. The molecule has 0 unspecified atom stereocenters. The number of hydrogen-bond donors (Lipinski definition) is 2. The number of carbonyl (C=O) groups is 1. The van der Waals surface area contributed by atoms with E-state index in [2.05, 4.69) is 90.1 Å². The predicted molar refractivity (Wildman–Crippen MR) is 150 cm³/mol. The largest absolute Gasteiger partial charge is 0.347 e. The van der Waals surface area contributed by atoms with E-state index >= 15 is 0 Å². The summed E-state index contributed by atoms with van der Waals surface area (Å²) in [6.45, 7) is 5.58. The summed E-state index contributed by atoms with van der Waals surface area (Å²) in [4.78, 5) is 18.9. The molecular formula is C33H35N3O. The number of pyridine rings is 1. The third-order valence-corrected chi connectivity index (χ3v) is 8.73. The van der Waals surface area contributed by atoms with E-state index in [9.17, 15) is 4.79 Å². The van der Waals surface area contributed by atoms with Crippen molar-refractivity contribution in [2.24, 2.45) is 11.8 Å². The molecule has 4 aromatic rings. The molecule has 6 rings (SSSR count). The smallest absolute Gasteiger partial charge is 0.232 e. The molecule has 1 fully saturated rings. The van der Waals surface area contributed by atoms with Gasteiger partial charge in [-0.05, 0) is 64.8 Å². The van der Waals surface area contributed by atoms with E-state index in [1.54, 1.807) is 0 Å². The van der Waals surface area contributed by atoms with Gasteiger partial charge >= 0.3 is 0 Å². The molecule has 1 aliphatic heterocycles. The molecule has 1 amide bonds. The highest BCUT2D eigenvalue weighted by Gasteiger charge is 2.38. The first-order valence-electron chi connectivity index (χ1n) is 13.7. The van der Waals surface area contributed by atoms with Crippen LogP contribution >= 0.6 is 0 Å². The first-order chi connectivity index (χ1) is 18.2. The molecule has 0 bridgehead atoms. The number of benzene rings is 3. The highest BCUT2D eigenvalue weighted by Crippen LogP contribution is 2.45. The van der Waals surface area contributed by atoms with Crippen LogP contribution in [0.15, 0.2) is 85.1 Å². The maximum absolute atomic E-state index is 14.3. The van der Waals surface area contributed by atoms with Crippen LogP contribution < -0.4 is 10.6 Å². The maximum Gasteiger partial charge on any atom is 0.232 e. The van der Waals surface area contributed by atoms with Gasteiger partial charge in [-0.1, -0.05) is 93.4 Å². The Labute approximate surface area is 219 Å². The Hall–Kier alpha value is -3.50. The molecule has 0 saturated carbocycles. The summed E-state index contributed by atoms with van der Waals surface area (Å²) >= 11 is 0. The van der Waals surface area contributed by atoms with E-state index in [4.69, 9.17) is 0 Å². The van der Waals surface area contributed by atoms with E-state index in [0.29, 0.717) is 11.8 Å². The molecule has 2 aliphatic rings. The number of fused-ring (bicyclic) bond motifs is 4. The first-order valence-corrected chi connectivity index (χ1v) is 13.7. The fourth-order valence-corrected chi connectivity index (χ4v) is 6.76. The Morgan fingerprint density at radius 2 is 1.54 bits per heavy atom. The first kappa shape index (κ1) is 23.9. The number of carbonyl (C=O) groups excluding carboxylic acids is 1. The number of nitrogens with zero attached hydrogens (tertiary/aromatic N) is 1. The molecule has 0 radical (unpaired) electrons. The van der Waals surface area contributed by atoms with Crippen LogP contribution in [0.2, 0.25) is 0 Å². The van der Waals surface area contributed by atoms with E-state index in [-0.39, 0.29) is 23.9 Å². The molecule has 4 atom stereocenters. The average molecular weight is 490 g/mol. The van der Waals surface area contributed by atoms with Crippen molar-refractivity contribution in [3.05, 3.63) is 102 Å². The maximum atomic E-state index is 14.3. The van der Waals surface area contributed by atoms with Gasteiger partial charge in [0.25, 0.3) is 0 Å². The van der Waals surface area contributed by atoms with Crippen molar-refractivity contribution < 1.29 is 4.79 Å². The van der Waals surface area contributed by atoms with Gasteiger partial charge in [-0.3, -0.25) is 9.78 Å². The predicted octanol–water partition coefficient (Wildman–Crippen LogP) is 6.62. The van der Waals surface area contributed by atoms with Gasteiger partial charge in [0.2, 0.25) is 5.91 Å². The number of nitrogens with one attached hydrogen (secondary N) is 2. The minimum atomic E-state index is -0.308. The number of hydrogen-bond acceptors (Lipinski definition) is 3. The number of aromatic nitrogens is 1. The van der Waals surface area contributed by atoms with Gasteiger partial charge in [0.05, 0.1) is 17.5 Å². The third-order valence-electron chi connectivity index (χ3n) is 8.73. The molecule has 4 nitrogen and oxygen atoms in total. The van der Waals surface area contributed by atoms with Crippen LogP contribution in [0.3, 0.4) is 0 Å². The monoisotopic (exact) mass is 489 g/mol. The van der Waals surface area contributed by atoms with Crippen molar-refractivity contribution >= 4 is 16.8 Å². The standard InChI is InChI=1S/C33H35N3O/c1-3-21-19-30(35-20-22(21)4-2)32(28-17-18-34-29-16-10-9-13-25(28)29)36-33(37)31-26-14-7-5-11-23(26)24-12-6-8-15-27(24)31/h5-18,21-22,30-32,35H,3-4,19-20H2,1-2H3,(H,36,37)/t21-,22-,30+,32+/m0/s1. The second-order valence-corrected chi connectivity index (χ2v) is 10.6. The molecule has 3 aromatic carbocycles. The van der Waals surface area contributed by atoms with Crippen LogP contribution in [-0.4, -0.2) is 23.5 Å². The highest BCUT2D eigenvalue weighted by molar-refractivity contribution is 5.96. The van der Waals surface area contributed by atoms with Crippen molar-refractivity contribution in [3.8, 4) is 11.1 Å². The Morgan fingerprint density at radius 3 is 2.24 bits per heavy atom. The lowest BCUT2D eigenvalue weighted by Gasteiger charge is -2.41. The quantitative estimate of drug-likeness (QED) is 0.320. The van der Waals surface area contributed by atoms with Crippen molar-refractivity contribution in [2.75, 3.05) is 6.54 Å². The number of amides is 1. The number of piperidine rings is 1. The summed E-state index contributed by atoms with van der Waals surface area (Å²) in [6.07, 6.45) is 5.28.